The number of nitrogens with one attached hydrogen (secondary N) is 1. The number of aryl methyl sites for hydroxylation is 1. The fourth-order valence-corrected chi connectivity index (χ4v) is 2.86. The van der Waals surface area contributed by atoms with Gasteiger partial charge in [0.25, 0.3) is 0 Å². The van der Waals surface area contributed by atoms with Gasteiger partial charge in [-0.1, -0.05) is 31.2 Å². The summed E-state index contributed by atoms with van der Waals surface area (Å²) in [7, 11) is 2.19. The van der Waals surface area contributed by atoms with Gasteiger partial charge in [-0.05, 0) is 44.5 Å². The van der Waals surface area contributed by atoms with Crippen molar-refractivity contribution >= 4 is 0 Å². The first-order valence-electron chi connectivity index (χ1n) is 7.78. The second kappa shape index (κ2) is 7.77. The molecule has 20 heavy (non-hydrogen) atoms. The Bertz CT molecular complexity index is 408. The minimum absolute atomic E-state index is 0.396. The molecule has 1 aromatic carbocycles. The lowest BCUT2D eigenvalue weighted by Gasteiger charge is -2.22. The van der Waals surface area contributed by atoms with E-state index in [1.807, 2.05) is 0 Å². The average Bonchev–Trinajstić information content (AvgIpc) is 2.86. The molecule has 1 heterocycles. The topological polar surface area (TPSA) is 24.5 Å². The molecular formula is C17H28N2O. The monoisotopic (exact) mass is 276 g/mol. The summed E-state index contributed by atoms with van der Waals surface area (Å²) in [6, 6.07) is 8.62. The molecule has 1 aliphatic heterocycles. The molecule has 2 unspecified atom stereocenters. The van der Waals surface area contributed by atoms with E-state index in [-0.39, 0.29) is 0 Å². The van der Waals surface area contributed by atoms with Crippen LogP contribution in [0, 0.1) is 6.92 Å². The Kier molecular flexibility index (Phi) is 6.02. The van der Waals surface area contributed by atoms with Crippen molar-refractivity contribution < 1.29 is 4.74 Å². The predicted molar refractivity (Wildman–Crippen MR) is 84.0 cm³/mol. The lowest BCUT2D eigenvalue weighted by molar-refractivity contribution is 0.0269. The van der Waals surface area contributed by atoms with Gasteiger partial charge in [0.1, 0.15) is 0 Å². The Hall–Kier alpha value is -0.900. The van der Waals surface area contributed by atoms with E-state index in [0.717, 1.165) is 26.2 Å². The lowest BCUT2D eigenvalue weighted by Crippen LogP contribution is -2.31. The van der Waals surface area contributed by atoms with Crippen molar-refractivity contribution in [1.82, 2.24) is 10.2 Å². The summed E-state index contributed by atoms with van der Waals surface area (Å²) in [6.07, 6.45) is 3.18. The quantitative estimate of drug-likeness (QED) is 0.828. The molecule has 2 atom stereocenters. The van der Waals surface area contributed by atoms with E-state index >= 15 is 0 Å². The Morgan fingerprint density at radius 1 is 1.25 bits per heavy atom. The lowest BCUT2D eigenvalue weighted by atomic mass is 10.1. The van der Waals surface area contributed by atoms with Crippen molar-refractivity contribution in [1.29, 1.82) is 0 Å². The summed E-state index contributed by atoms with van der Waals surface area (Å²) in [5, 5.41) is 3.37. The molecule has 0 aliphatic carbocycles. The van der Waals surface area contributed by atoms with E-state index in [2.05, 4.69) is 55.4 Å². The van der Waals surface area contributed by atoms with Crippen LogP contribution in [0.5, 0.6) is 0 Å². The highest BCUT2D eigenvalue weighted by Crippen LogP contribution is 2.20. The van der Waals surface area contributed by atoms with Crippen LogP contribution in [0.4, 0.5) is 0 Å². The van der Waals surface area contributed by atoms with Gasteiger partial charge < -0.3 is 10.1 Å². The van der Waals surface area contributed by atoms with Crippen LogP contribution < -0.4 is 5.32 Å². The van der Waals surface area contributed by atoms with Gasteiger partial charge in [0.15, 0.2) is 0 Å². The molecule has 1 fully saturated rings. The molecule has 0 bridgehead atoms. The van der Waals surface area contributed by atoms with Crippen LogP contribution >= 0.6 is 0 Å². The summed E-state index contributed by atoms with van der Waals surface area (Å²) in [5.41, 5.74) is 2.79. The number of benzene rings is 1. The van der Waals surface area contributed by atoms with Crippen molar-refractivity contribution in [2.24, 2.45) is 0 Å². The molecule has 3 heteroatoms. The highest BCUT2D eigenvalue weighted by molar-refractivity contribution is 5.25. The van der Waals surface area contributed by atoms with E-state index in [1.54, 1.807) is 0 Å². The second-order valence-corrected chi connectivity index (χ2v) is 5.89. The van der Waals surface area contributed by atoms with Crippen LogP contribution in [0.1, 0.15) is 30.9 Å². The minimum Gasteiger partial charge on any atom is -0.372 e. The highest BCUT2D eigenvalue weighted by atomic mass is 16.5. The number of nitrogens with zero attached hydrogens (tertiary/aromatic N) is 1. The molecule has 3 nitrogen and oxygen atoms in total. The Balaban J connectivity index is 1.75. The second-order valence-electron chi connectivity index (χ2n) is 5.89. The summed E-state index contributed by atoms with van der Waals surface area (Å²) in [4.78, 5) is 2.38. The third-order valence-corrected chi connectivity index (χ3v) is 4.03. The fraction of sp³-hybridized carbons (Fsp3) is 0.647. The van der Waals surface area contributed by atoms with Gasteiger partial charge in [0.2, 0.25) is 0 Å². The smallest absolute Gasteiger partial charge is 0.0707 e. The van der Waals surface area contributed by atoms with E-state index in [1.165, 1.54) is 24.0 Å². The molecule has 1 aliphatic rings. The molecular weight excluding hydrogens is 248 g/mol. The number of ether oxygens (including phenoxy) is 1. The Morgan fingerprint density at radius 2 is 2.00 bits per heavy atom. The number of likely N-dealkylation sites (N-methyl/N-ethyl adjacent to an activating group) is 2. The van der Waals surface area contributed by atoms with Gasteiger partial charge in [-0.15, -0.1) is 0 Å². The van der Waals surface area contributed by atoms with Gasteiger partial charge in [0, 0.05) is 19.6 Å². The van der Waals surface area contributed by atoms with Crippen molar-refractivity contribution in [3.05, 3.63) is 35.4 Å². The first kappa shape index (κ1) is 15.5. The van der Waals surface area contributed by atoms with Crippen LogP contribution in [-0.2, 0) is 11.3 Å². The maximum atomic E-state index is 6.10. The average molecular weight is 276 g/mol. The molecule has 0 amide bonds. The van der Waals surface area contributed by atoms with Crippen LogP contribution in [0.25, 0.3) is 0 Å². The van der Waals surface area contributed by atoms with E-state index in [9.17, 15) is 0 Å². The van der Waals surface area contributed by atoms with Gasteiger partial charge in [-0.2, -0.15) is 0 Å². The first-order valence-corrected chi connectivity index (χ1v) is 7.78. The molecule has 1 saturated heterocycles. The first-order chi connectivity index (χ1) is 9.69. The third kappa shape index (κ3) is 4.58. The van der Waals surface area contributed by atoms with Gasteiger partial charge in [-0.25, -0.2) is 0 Å². The Labute approximate surface area is 123 Å². The molecule has 0 spiro atoms. The van der Waals surface area contributed by atoms with Crippen LogP contribution in [0.2, 0.25) is 0 Å². The SMILES string of the molecule is CCNCC1CCC(CN(C)Cc2ccccc2C)O1. The zero-order chi connectivity index (χ0) is 14.4. The van der Waals surface area contributed by atoms with Crippen molar-refractivity contribution in [2.75, 3.05) is 26.7 Å². The minimum atomic E-state index is 0.396. The highest BCUT2D eigenvalue weighted by Gasteiger charge is 2.25. The van der Waals surface area contributed by atoms with Crippen molar-refractivity contribution in [2.45, 2.75) is 45.4 Å². The summed E-state index contributed by atoms with van der Waals surface area (Å²) < 4.78 is 6.10. The maximum Gasteiger partial charge on any atom is 0.0707 e. The van der Waals surface area contributed by atoms with E-state index in [4.69, 9.17) is 4.74 Å². The summed E-state index contributed by atoms with van der Waals surface area (Å²) in [5.74, 6) is 0. The van der Waals surface area contributed by atoms with Gasteiger partial charge in [0.05, 0.1) is 12.2 Å². The van der Waals surface area contributed by atoms with E-state index < -0.39 is 0 Å². The fourth-order valence-electron chi connectivity index (χ4n) is 2.86. The number of hydrogen-bond donors (Lipinski definition) is 1. The van der Waals surface area contributed by atoms with Crippen molar-refractivity contribution in [3.8, 4) is 0 Å². The van der Waals surface area contributed by atoms with E-state index in [0.29, 0.717) is 12.2 Å². The van der Waals surface area contributed by atoms with Crippen LogP contribution in [0.3, 0.4) is 0 Å². The largest absolute Gasteiger partial charge is 0.372 e. The molecule has 0 aromatic heterocycles. The van der Waals surface area contributed by atoms with Crippen molar-refractivity contribution in [3.63, 3.8) is 0 Å². The zero-order valence-corrected chi connectivity index (χ0v) is 13.1. The number of hydrogen-bond acceptors (Lipinski definition) is 3. The summed E-state index contributed by atoms with van der Waals surface area (Å²) >= 11 is 0. The maximum absolute atomic E-state index is 6.10. The third-order valence-electron chi connectivity index (χ3n) is 4.03. The molecule has 1 N–H and O–H groups in total. The van der Waals surface area contributed by atoms with Crippen LogP contribution in [-0.4, -0.2) is 43.8 Å². The standard InChI is InChI=1S/C17H28N2O/c1-4-18-11-16-9-10-17(20-16)13-19(3)12-15-8-6-5-7-14(15)2/h5-8,16-18H,4,9-13H2,1-3H3. The number of rotatable bonds is 7. The zero-order valence-electron chi connectivity index (χ0n) is 13.1. The van der Waals surface area contributed by atoms with Gasteiger partial charge in [-0.3, -0.25) is 4.90 Å². The molecule has 0 radical (unpaired) electrons. The predicted octanol–water partition coefficient (Wildman–Crippen LogP) is 2.58. The summed E-state index contributed by atoms with van der Waals surface area (Å²) in [6.45, 7) is 8.37. The molecule has 1 aromatic rings. The van der Waals surface area contributed by atoms with Crippen LogP contribution in [0.15, 0.2) is 24.3 Å². The molecule has 2 rings (SSSR count). The molecule has 0 saturated carbocycles. The Morgan fingerprint density at radius 3 is 2.75 bits per heavy atom. The van der Waals surface area contributed by atoms with Gasteiger partial charge >= 0.3 is 0 Å². The molecule has 112 valence electrons. The normalized spacial score (nSPS) is 22.6.